The number of rotatable bonds is 5. The number of halogens is 1. The molecule has 0 radical (unpaired) electrons. The van der Waals surface area contributed by atoms with Gasteiger partial charge in [-0.05, 0) is 43.5 Å². The number of ketones is 1. The molecule has 4 heteroatoms. The van der Waals surface area contributed by atoms with Crippen molar-refractivity contribution in [1.82, 2.24) is 0 Å². The molecule has 17 heavy (non-hydrogen) atoms. The first kappa shape index (κ1) is 13.4. The van der Waals surface area contributed by atoms with E-state index in [-0.39, 0.29) is 24.4 Å². The van der Waals surface area contributed by atoms with Gasteiger partial charge in [-0.2, -0.15) is 0 Å². The molecule has 0 aliphatic rings. The fourth-order valence-electron chi connectivity index (χ4n) is 1.88. The standard InChI is InChI=1S/C13H15FO3/c1-8-6-10(14)7-9(2)13(8)11(15)4-3-5-12(16)17/h6-7H,3-5H2,1-2H3,(H,16,17). The molecule has 0 aliphatic carbocycles. The lowest BCUT2D eigenvalue weighted by molar-refractivity contribution is -0.137. The van der Waals surface area contributed by atoms with Crippen molar-refractivity contribution < 1.29 is 19.1 Å². The molecule has 0 amide bonds. The van der Waals surface area contributed by atoms with Crippen LogP contribution in [0, 0.1) is 19.7 Å². The Morgan fingerprint density at radius 3 is 2.18 bits per heavy atom. The lowest BCUT2D eigenvalue weighted by atomic mass is 9.96. The van der Waals surface area contributed by atoms with Crippen LogP contribution < -0.4 is 0 Å². The monoisotopic (exact) mass is 238 g/mol. The highest BCUT2D eigenvalue weighted by Crippen LogP contribution is 2.18. The van der Waals surface area contributed by atoms with E-state index in [2.05, 4.69) is 0 Å². The molecule has 1 N–H and O–H groups in total. The highest BCUT2D eigenvalue weighted by molar-refractivity contribution is 5.98. The van der Waals surface area contributed by atoms with Crippen molar-refractivity contribution >= 4 is 11.8 Å². The van der Waals surface area contributed by atoms with Gasteiger partial charge in [0, 0.05) is 18.4 Å². The van der Waals surface area contributed by atoms with Crippen molar-refractivity contribution in [2.75, 3.05) is 0 Å². The minimum Gasteiger partial charge on any atom is -0.481 e. The van der Waals surface area contributed by atoms with Gasteiger partial charge in [0.15, 0.2) is 5.78 Å². The molecule has 0 unspecified atom stereocenters. The summed E-state index contributed by atoms with van der Waals surface area (Å²) in [6, 6.07) is 2.63. The Morgan fingerprint density at radius 1 is 1.18 bits per heavy atom. The SMILES string of the molecule is Cc1cc(F)cc(C)c1C(=O)CCCC(=O)O. The minimum absolute atomic E-state index is 0.0228. The van der Waals surface area contributed by atoms with E-state index >= 15 is 0 Å². The summed E-state index contributed by atoms with van der Waals surface area (Å²) in [5, 5.41) is 8.48. The molecule has 0 heterocycles. The third kappa shape index (κ3) is 3.66. The number of carboxylic acid groups (broad SMARTS) is 1. The normalized spacial score (nSPS) is 10.3. The third-order valence-electron chi connectivity index (χ3n) is 2.57. The molecule has 0 spiro atoms. The van der Waals surface area contributed by atoms with Crippen molar-refractivity contribution in [2.45, 2.75) is 33.1 Å². The smallest absolute Gasteiger partial charge is 0.303 e. The number of hydrogen-bond donors (Lipinski definition) is 1. The van der Waals surface area contributed by atoms with Gasteiger partial charge in [0.1, 0.15) is 5.82 Å². The zero-order chi connectivity index (χ0) is 13.0. The highest BCUT2D eigenvalue weighted by atomic mass is 19.1. The fraction of sp³-hybridized carbons (Fsp3) is 0.385. The Bertz CT molecular complexity index is 429. The number of Topliss-reactive ketones (excluding diaryl/α,β-unsaturated/α-hetero) is 1. The molecular weight excluding hydrogens is 223 g/mol. The van der Waals surface area contributed by atoms with Gasteiger partial charge < -0.3 is 5.11 Å². The van der Waals surface area contributed by atoms with E-state index in [4.69, 9.17) is 5.11 Å². The first-order valence-electron chi connectivity index (χ1n) is 5.43. The predicted molar refractivity (Wildman–Crippen MR) is 61.7 cm³/mol. The van der Waals surface area contributed by atoms with Crippen LogP contribution in [0.4, 0.5) is 4.39 Å². The zero-order valence-electron chi connectivity index (χ0n) is 9.92. The molecule has 1 rings (SSSR count). The van der Waals surface area contributed by atoms with E-state index in [9.17, 15) is 14.0 Å². The van der Waals surface area contributed by atoms with Crippen molar-refractivity contribution in [3.05, 3.63) is 34.6 Å². The number of aliphatic carboxylic acids is 1. The molecule has 0 aliphatic heterocycles. The van der Waals surface area contributed by atoms with Gasteiger partial charge in [-0.15, -0.1) is 0 Å². The maximum Gasteiger partial charge on any atom is 0.303 e. The Balaban J connectivity index is 2.79. The molecule has 3 nitrogen and oxygen atoms in total. The van der Waals surface area contributed by atoms with Gasteiger partial charge in [0.2, 0.25) is 0 Å². The molecule has 0 saturated carbocycles. The van der Waals surface area contributed by atoms with Gasteiger partial charge in [0.25, 0.3) is 0 Å². The summed E-state index contributed by atoms with van der Waals surface area (Å²) in [5.41, 5.74) is 1.71. The van der Waals surface area contributed by atoms with Crippen LogP contribution in [0.1, 0.15) is 40.7 Å². The van der Waals surface area contributed by atoms with Crippen LogP contribution in [0.5, 0.6) is 0 Å². The Morgan fingerprint density at radius 2 is 1.71 bits per heavy atom. The van der Waals surface area contributed by atoms with Crippen LogP contribution in [0.25, 0.3) is 0 Å². The number of aryl methyl sites for hydroxylation is 2. The van der Waals surface area contributed by atoms with Crippen molar-refractivity contribution in [1.29, 1.82) is 0 Å². The number of carboxylic acids is 1. The number of carbonyl (C=O) groups excluding carboxylic acids is 1. The molecule has 0 atom stereocenters. The fourth-order valence-corrected chi connectivity index (χ4v) is 1.88. The van der Waals surface area contributed by atoms with Gasteiger partial charge >= 0.3 is 5.97 Å². The lowest BCUT2D eigenvalue weighted by Gasteiger charge is -2.08. The summed E-state index contributed by atoms with van der Waals surface area (Å²) in [7, 11) is 0. The number of carbonyl (C=O) groups is 2. The van der Waals surface area contributed by atoms with E-state index in [0.29, 0.717) is 23.1 Å². The van der Waals surface area contributed by atoms with Crippen molar-refractivity contribution in [3.8, 4) is 0 Å². The van der Waals surface area contributed by atoms with E-state index in [0.717, 1.165) is 0 Å². The summed E-state index contributed by atoms with van der Waals surface area (Å²) in [4.78, 5) is 22.2. The van der Waals surface area contributed by atoms with Crippen LogP contribution >= 0.6 is 0 Å². The average molecular weight is 238 g/mol. The van der Waals surface area contributed by atoms with E-state index < -0.39 is 5.97 Å². The second-order valence-corrected chi connectivity index (χ2v) is 4.09. The molecule has 0 saturated heterocycles. The lowest BCUT2D eigenvalue weighted by Crippen LogP contribution is -2.06. The molecule has 0 aromatic heterocycles. The first-order chi connectivity index (χ1) is 7.91. The van der Waals surface area contributed by atoms with Crippen LogP contribution in [0.15, 0.2) is 12.1 Å². The van der Waals surface area contributed by atoms with Gasteiger partial charge in [0.05, 0.1) is 0 Å². The maximum atomic E-state index is 13.0. The largest absolute Gasteiger partial charge is 0.481 e. The topological polar surface area (TPSA) is 54.4 Å². The minimum atomic E-state index is -0.912. The summed E-state index contributed by atoms with van der Waals surface area (Å²) in [6.07, 6.45) is 0.467. The molecule has 1 aromatic carbocycles. The highest BCUT2D eigenvalue weighted by Gasteiger charge is 2.13. The van der Waals surface area contributed by atoms with Crippen LogP contribution in [-0.4, -0.2) is 16.9 Å². The Labute approximate surface area is 99.3 Å². The maximum absolute atomic E-state index is 13.0. The van der Waals surface area contributed by atoms with E-state index in [1.807, 2.05) is 0 Å². The van der Waals surface area contributed by atoms with Crippen LogP contribution in [0.3, 0.4) is 0 Å². The molecule has 92 valence electrons. The number of hydrogen-bond acceptors (Lipinski definition) is 2. The van der Waals surface area contributed by atoms with Crippen LogP contribution in [0.2, 0.25) is 0 Å². The first-order valence-corrected chi connectivity index (χ1v) is 5.43. The summed E-state index contributed by atoms with van der Waals surface area (Å²) < 4.78 is 13.0. The second kappa shape index (κ2) is 5.57. The molecule has 1 aromatic rings. The van der Waals surface area contributed by atoms with Gasteiger partial charge in [-0.3, -0.25) is 9.59 Å². The molecule has 0 bridgehead atoms. The molecular formula is C13H15FO3. The zero-order valence-corrected chi connectivity index (χ0v) is 9.92. The predicted octanol–water partition coefficient (Wildman–Crippen LogP) is 2.88. The summed E-state index contributed by atoms with van der Waals surface area (Å²) >= 11 is 0. The summed E-state index contributed by atoms with van der Waals surface area (Å²) in [6.45, 7) is 3.36. The van der Waals surface area contributed by atoms with E-state index in [1.165, 1.54) is 12.1 Å². The quantitative estimate of drug-likeness (QED) is 0.802. The van der Waals surface area contributed by atoms with E-state index in [1.54, 1.807) is 13.8 Å². The second-order valence-electron chi connectivity index (χ2n) is 4.09. The van der Waals surface area contributed by atoms with Crippen LogP contribution in [-0.2, 0) is 4.79 Å². The third-order valence-corrected chi connectivity index (χ3v) is 2.57. The summed E-state index contributed by atoms with van der Waals surface area (Å²) in [5.74, 6) is -1.39. The van der Waals surface area contributed by atoms with Gasteiger partial charge in [-0.1, -0.05) is 0 Å². The average Bonchev–Trinajstić information content (AvgIpc) is 2.14. The molecule has 0 fully saturated rings. The van der Waals surface area contributed by atoms with Crippen molar-refractivity contribution in [3.63, 3.8) is 0 Å². The van der Waals surface area contributed by atoms with Crippen molar-refractivity contribution in [2.24, 2.45) is 0 Å². The number of benzene rings is 1. The Kier molecular flexibility index (Phi) is 4.37. The Hall–Kier alpha value is -1.71. The van der Waals surface area contributed by atoms with Gasteiger partial charge in [-0.25, -0.2) is 4.39 Å².